The number of carbonyl (C=O) groups excluding carboxylic acids is 1. The number of likely N-dealkylation sites (N-methyl/N-ethyl adjacent to an activating group) is 1. The summed E-state index contributed by atoms with van der Waals surface area (Å²) in [5.41, 5.74) is 0.266. The summed E-state index contributed by atoms with van der Waals surface area (Å²) in [5, 5.41) is 6.32. The zero-order valence-corrected chi connectivity index (χ0v) is 12.9. The van der Waals surface area contributed by atoms with Gasteiger partial charge in [-0.1, -0.05) is 31.9 Å². The van der Waals surface area contributed by atoms with Crippen molar-refractivity contribution in [2.24, 2.45) is 0 Å². The van der Waals surface area contributed by atoms with Gasteiger partial charge in [0, 0.05) is 12.6 Å². The first kappa shape index (κ1) is 16.0. The van der Waals surface area contributed by atoms with Crippen LogP contribution in [-0.2, 0) is 10.2 Å². The minimum Gasteiger partial charge on any atom is -0.354 e. The Labute approximate surface area is 126 Å². The van der Waals surface area contributed by atoms with Gasteiger partial charge in [0.1, 0.15) is 5.82 Å². The van der Waals surface area contributed by atoms with Crippen LogP contribution in [0.15, 0.2) is 24.3 Å². The molecule has 2 rings (SSSR count). The smallest absolute Gasteiger partial charge is 0.230 e. The first-order chi connectivity index (χ1) is 10.1. The van der Waals surface area contributed by atoms with Gasteiger partial charge >= 0.3 is 0 Å². The van der Waals surface area contributed by atoms with E-state index in [-0.39, 0.29) is 17.8 Å². The van der Waals surface area contributed by atoms with Crippen molar-refractivity contribution < 1.29 is 9.18 Å². The van der Waals surface area contributed by atoms with Crippen LogP contribution >= 0.6 is 0 Å². The molecule has 0 heterocycles. The molecule has 0 unspecified atom stereocenters. The molecule has 2 N–H and O–H groups in total. The summed E-state index contributed by atoms with van der Waals surface area (Å²) in [6.07, 6.45) is 3.65. The topological polar surface area (TPSA) is 41.1 Å². The van der Waals surface area contributed by atoms with Crippen LogP contribution in [0.4, 0.5) is 4.39 Å². The molecule has 116 valence electrons. The van der Waals surface area contributed by atoms with E-state index in [1.807, 2.05) is 19.9 Å². The molecule has 1 aliphatic rings. The Hall–Kier alpha value is -1.42. The number of hydrogen-bond acceptors (Lipinski definition) is 2. The van der Waals surface area contributed by atoms with E-state index < -0.39 is 5.41 Å². The van der Waals surface area contributed by atoms with Gasteiger partial charge in [-0.15, -0.1) is 0 Å². The molecule has 0 spiro atoms. The van der Waals surface area contributed by atoms with Gasteiger partial charge in [0.25, 0.3) is 0 Å². The molecular formula is C17H25FN2O. The highest BCUT2D eigenvalue weighted by atomic mass is 19.1. The summed E-state index contributed by atoms with van der Waals surface area (Å²) >= 11 is 0. The minimum absolute atomic E-state index is 0.0374. The van der Waals surface area contributed by atoms with E-state index in [1.165, 1.54) is 12.1 Å². The number of benzene rings is 1. The molecule has 1 fully saturated rings. The zero-order valence-electron chi connectivity index (χ0n) is 12.9. The van der Waals surface area contributed by atoms with E-state index in [2.05, 4.69) is 10.6 Å². The van der Waals surface area contributed by atoms with Gasteiger partial charge in [-0.25, -0.2) is 4.39 Å². The number of amides is 1. The summed E-state index contributed by atoms with van der Waals surface area (Å²) in [6.45, 7) is 5.58. The van der Waals surface area contributed by atoms with Crippen LogP contribution in [0.1, 0.15) is 45.1 Å². The van der Waals surface area contributed by atoms with Crippen LogP contribution < -0.4 is 10.6 Å². The summed E-state index contributed by atoms with van der Waals surface area (Å²) in [4.78, 5) is 12.7. The number of rotatable bonds is 6. The zero-order chi connectivity index (χ0) is 15.3. The van der Waals surface area contributed by atoms with Crippen molar-refractivity contribution in [1.82, 2.24) is 10.6 Å². The van der Waals surface area contributed by atoms with Crippen LogP contribution in [0.3, 0.4) is 0 Å². The molecule has 1 aromatic carbocycles. The van der Waals surface area contributed by atoms with Crippen LogP contribution in [0.5, 0.6) is 0 Å². The Morgan fingerprint density at radius 1 is 1.38 bits per heavy atom. The molecule has 0 aliphatic heterocycles. The molecule has 0 aromatic heterocycles. The molecule has 1 saturated carbocycles. The second kappa shape index (κ2) is 7.03. The lowest BCUT2D eigenvalue weighted by molar-refractivity contribution is -0.126. The van der Waals surface area contributed by atoms with Gasteiger partial charge < -0.3 is 10.6 Å². The van der Waals surface area contributed by atoms with E-state index in [0.29, 0.717) is 6.54 Å². The molecule has 1 amide bonds. The van der Waals surface area contributed by atoms with Crippen molar-refractivity contribution in [2.45, 2.75) is 51.0 Å². The second-order valence-corrected chi connectivity index (χ2v) is 5.97. The van der Waals surface area contributed by atoms with Gasteiger partial charge in [-0.2, -0.15) is 0 Å². The fourth-order valence-electron chi connectivity index (χ4n) is 3.25. The normalized spacial score (nSPS) is 18.4. The third-order valence-electron chi connectivity index (χ3n) is 4.39. The summed E-state index contributed by atoms with van der Waals surface area (Å²) in [7, 11) is 0. The number of nitrogens with one attached hydrogen (secondary N) is 2. The van der Waals surface area contributed by atoms with Crippen molar-refractivity contribution in [3.63, 3.8) is 0 Å². The predicted octanol–water partition coefficient (Wildman–Crippen LogP) is 2.75. The Morgan fingerprint density at radius 2 is 2.10 bits per heavy atom. The van der Waals surface area contributed by atoms with Crippen LogP contribution in [-0.4, -0.2) is 25.0 Å². The van der Waals surface area contributed by atoms with Gasteiger partial charge in [0.15, 0.2) is 0 Å². The molecule has 3 nitrogen and oxygen atoms in total. The van der Waals surface area contributed by atoms with Crippen LogP contribution in [0.2, 0.25) is 0 Å². The molecule has 0 saturated heterocycles. The number of halogens is 1. The minimum atomic E-state index is -0.548. The van der Waals surface area contributed by atoms with Crippen LogP contribution in [0, 0.1) is 5.82 Å². The lowest BCUT2D eigenvalue weighted by Crippen LogP contribution is -2.47. The molecule has 1 aromatic rings. The fraction of sp³-hybridized carbons (Fsp3) is 0.588. The highest BCUT2D eigenvalue weighted by Gasteiger charge is 2.42. The Balaban J connectivity index is 2.13. The van der Waals surface area contributed by atoms with Crippen molar-refractivity contribution in [3.05, 3.63) is 35.6 Å². The van der Waals surface area contributed by atoms with E-state index >= 15 is 0 Å². The first-order valence-electron chi connectivity index (χ1n) is 7.86. The maximum Gasteiger partial charge on any atom is 0.230 e. The summed E-state index contributed by atoms with van der Waals surface area (Å²) < 4.78 is 13.5. The van der Waals surface area contributed by atoms with Gasteiger partial charge in [-0.05, 0) is 44.0 Å². The van der Waals surface area contributed by atoms with Crippen molar-refractivity contribution >= 4 is 5.91 Å². The summed E-state index contributed by atoms with van der Waals surface area (Å²) in [5.74, 6) is -0.233. The summed E-state index contributed by atoms with van der Waals surface area (Å²) in [6, 6.07) is 6.75. The van der Waals surface area contributed by atoms with Crippen molar-refractivity contribution in [3.8, 4) is 0 Å². The van der Waals surface area contributed by atoms with Crippen LogP contribution in [0.25, 0.3) is 0 Å². The van der Waals surface area contributed by atoms with Gasteiger partial charge in [-0.3, -0.25) is 4.79 Å². The number of hydrogen-bond donors (Lipinski definition) is 2. The van der Waals surface area contributed by atoms with Crippen molar-refractivity contribution in [1.29, 1.82) is 0 Å². The second-order valence-electron chi connectivity index (χ2n) is 5.97. The first-order valence-corrected chi connectivity index (χ1v) is 7.86. The maximum atomic E-state index is 13.5. The Morgan fingerprint density at radius 3 is 2.71 bits per heavy atom. The average Bonchev–Trinajstić information content (AvgIpc) is 2.96. The van der Waals surface area contributed by atoms with E-state index in [0.717, 1.165) is 37.8 Å². The van der Waals surface area contributed by atoms with E-state index in [9.17, 15) is 9.18 Å². The molecule has 0 radical (unpaired) electrons. The Kier molecular flexibility index (Phi) is 5.34. The van der Waals surface area contributed by atoms with Crippen molar-refractivity contribution in [2.75, 3.05) is 13.1 Å². The number of carbonyl (C=O) groups is 1. The molecule has 0 bridgehead atoms. The van der Waals surface area contributed by atoms with E-state index in [4.69, 9.17) is 0 Å². The van der Waals surface area contributed by atoms with E-state index in [1.54, 1.807) is 6.07 Å². The third kappa shape index (κ3) is 3.62. The molecule has 4 heteroatoms. The van der Waals surface area contributed by atoms with Gasteiger partial charge in [0.05, 0.1) is 5.41 Å². The lowest BCUT2D eigenvalue weighted by atomic mass is 9.78. The molecule has 1 atom stereocenters. The predicted molar refractivity (Wildman–Crippen MR) is 82.7 cm³/mol. The standard InChI is InChI=1S/C17H25FN2O/c1-3-19-13(2)12-20-16(21)17(9-4-5-10-17)14-7-6-8-15(18)11-14/h6-8,11,13,19H,3-5,9-10,12H2,1-2H3,(H,20,21)/t13-/m1/s1. The Bertz CT molecular complexity index is 483. The lowest BCUT2D eigenvalue weighted by Gasteiger charge is -2.29. The highest BCUT2D eigenvalue weighted by Crippen LogP contribution is 2.41. The maximum absolute atomic E-state index is 13.5. The third-order valence-corrected chi connectivity index (χ3v) is 4.39. The monoisotopic (exact) mass is 292 g/mol. The average molecular weight is 292 g/mol. The SMILES string of the molecule is CCN[C@H](C)CNC(=O)C1(c2cccc(F)c2)CCCC1. The molecule has 1 aliphatic carbocycles. The fourth-order valence-corrected chi connectivity index (χ4v) is 3.25. The molecular weight excluding hydrogens is 267 g/mol. The highest BCUT2D eigenvalue weighted by molar-refractivity contribution is 5.88. The quantitative estimate of drug-likeness (QED) is 0.846. The largest absolute Gasteiger partial charge is 0.354 e. The molecule has 21 heavy (non-hydrogen) atoms. The van der Waals surface area contributed by atoms with Gasteiger partial charge in [0.2, 0.25) is 5.91 Å².